The van der Waals surface area contributed by atoms with Crippen LogP contribution in [0.4, 0.5) is 13.2 Å². The summed E-state index contributed by atoms with van der Waals surface area (Å²) in [6.45, 7) is -0.552. The molecule has 1 saturated heterocycles. The van der Waals surface area contributed by atoms with Crippen molar-refractivity contribution in [1.82, 2.24) is 4.90 Å². The quantitative estimate of drug-likeness (QED) is 0.731. The van der Waals surface area contributed by atoms with Crippen LogP contribution in [0.3, 0.4) is 0 Å². The second kappa shape index (κ2) is 8.21. The molecule has 0 saturated carbocycles. The van der Waals surface area contributed by atoms with E-state index >= 15 is 0 Å². The van der Waals surface area contributed by atoms with E-state index in [0.717, 1.165) is 12.8 Å². The van der Waals surface area contributed by atoms with Gasteiger partial charge in [0.1, 0.15) is 6.61 Å². The molecule has 21 heavy (non-hydrogen) atoms. The Morgan fingerprint density at radius 2 is 2.00 bits per heavy atom. The molecule has 1 N–H and O–H groups in total. The summed E-state index contributed by atoms with van der Waals surface area (Å²) >= 11 is 0. The third-order valence-corrected chi connectivity index (χ3v) is 3.36. The van der Waals surface area contributed by atoms with E-state index in [1.807, 2.05) is 0 Å². The highest BCUT2D eigenvalue weighted by molar-refractivity contribution is 5.76. The lowest BCUT2D eigenvalue weighted by molar-refractivity contribution is -0.175. The summed E-state index contributed by atoms with van der Waals surface area (Å²) < 4.78 is 40.0. The first-order valence-electron chi connectivity index (χ1n) is 6.92. The Morgan fingerprint density at radius 3 is 2.62 bits per heavy atom. The van der Waals surface area contributed by atoms with Gasteiger partial charge >= 0.3 is 12.1 Å². The van der Waals surface area contributed by atoms with Crippen LogP contribution < -0.4 is 0 Å². The van der Waals surface area contributed by atoms with E-state index in [1.54, 1.807) is 4.90 Å². The number of nitrogens with zero attached hydrogens (tertiary/aromatic N) is 1. The molecule has 0 aromatic carbocycles. The molecule has 0 radical (unpaired) electrons. The van der Waals surface area contributed by atoms with Crippen LogP contribution >= 0.6 is 0 Å². The first-order chi connectivity index (χ1) is 9.78. The van der Waals surface area contributed by atoms with Gasteiger partial charge in [-0.3, -0.25) is 9.59 Å². The van der Waals surface area contributed by atoms with E-state index in [2.05, 4.69) is 4.74 Å². The average molecular weight is 311 g/mol. The summed E-state index contributed by atoms with van der Waals surface area (Å²) in [5, 5.41) is 8.64. The van der Waals surface area contributed by atoms with E-state index in [9.17, 15) is 22.8 Å². The normalized spacial score (nSPS) is 19.6. The lowest BCUT2D eigenvalue weighted by Crippen LogP contribution is -2.40. The molecule has 0 aliphatic carbocycles. The molecule has 0 unspecified atom stereocenters. The molecule has 1 amide bonds. The number of carboxylic acid groups (broad SMARTS) is 1. The van der Waals surface area contributed by atoms with Crippen molar-refractivity contribution in [2.24, 2.45) is 5.92 Å². The van der Waals surface area contributed by atoms with Crippen molar-refractivity contribution in [2.45, 2.75) is 38.3 Å². The molecule has 1 rings (SSSR count). The molecule has 0 aromatic heterocycles. The number of carboxylic acids is 1. The van der Waals surface area contributed by atoms with Gasteiger partial charge in [0, 0.05) is 19.5 Å². The van der Waals surface area contributed by atoms with Gasteiger partial charge in [0.15, 0.2) is 0 Å². The highest BCUT2D eigenvalue weighted by atomic mass is 19.4. The maximum atomic E-state index is 11.9. The van der Waals surface area contributed by atoms with Crippen molar-refractivity contribution in [2.75, 3.05) is 26.3 Å². The average Bonchev–Trinajstić information content (AvgIpc) is 2.40. The number of aliphatic carboxylic acids is 1. The highest BCUT2D eigenvalue weighted by Crippen LogP contribution is 2.21. The Morgan fingerprint density at radius 1 is 1.29 bits per heavy atom. The number of likely N-dealkylation sites (tertiary alicyclic amines) is 1. The first-order valence-corrected chi connectivity index (χ1v) is 6.92. The van der Waals surface area contributed by atoms with Gasteiger partial charge in [-0.25, -0.2) is 0 Å². The fourth-order valence-electron chi connectivity index (χ4n) is 2.36. The lowest BCUT2D eigenvalue weighted by atomic mass is 9.93. The van der Waals surface area contributed by atoms with E-state index in [-0.39, 0.29) is 31.3 Å². The van der Waals surface area contributed by atoms with Crippen molar-refractivity contribution in [3.05, 3.63) is 0 Å². The third-order valence-electron chi connectivity index (χ3n) is 3.36. The molecule has 1 heterocycles. The molecule has 1 fully saturated rings. The van der Waals surface area contributed by atoms with Gasteiger partial charge in [0.05, 0.1) is 13.0 Å². The number of alkyl halides is 3. The zero-order valence-corrected chi connectivity index (χ0v) is 11.7. The molecule has 1 atom stereocenters. The fourth-order valence-corrected chi connectivity index (χ4v) is 2.36. The number of halogens is 3. The fraction of sp³-hybridized carbons (Fsp3) is 0.846. The van der Waals surface area contributed by atoms with Crippen molar-refractivity contribution >= 4 is 11.9 Å². The summed E-state index contributed by atoms with van der Waals surface area (Å²) in [6.07, 6.45) is -2.20. The summed E-state index contributed by atoms with van der Waals surface area (Å²) in [4.78, 5) is 24.0. The molecule has 122 valence electrons. The molecular formula is C13H20F3NO4. The molecule has 0 spiro atoms. The van der Waals surface area contributed by atoms with Gasteiger partial charge in [-0.05, 0) is 25.2 Å². The Balaban J connectivity index is 2.25. The van der Waals surface area contributed by atoms with E-state index in [4.69, 9.17) is 5.11 Å². The van der Waals surface area contributed by atoms with Crippen LogP contribution in [0.2, 0.25) is 0 Å². The van der Waals surface area contributed by atoms with Crippen molar-refractivity contribution in [3.63, 3.8) is 0 Å². The number of rotatable bonds is 7. The van der Waals surface area contributed by atoms with Gasteiger partial charge in [-0.1, -0.05) is 0 Å². The monoisotopic (exact) mass is 311 g/mol. The topological polar surface area (TPSA) is 66.8 Å². The lowest BCUT2D eigenvalue weighted by Gasteiger charge is -2.32. The van der Waals surface area contributed by atoms with Gasteiger partial charge in [-0.15, -0.1) is 0 Å². The van der Waals surface area contributed by atoms with Crippen molar-refractivity contribution in [1.29, 1.82) is 0 Å². The van der Waals surface area contributed by atoms with Crippen LogP contribution in [-0.2, 0) is 14.3 Å². The Kier molecular flexibility index (Phi) is 6.94. The minimum atomic E-state index is -4.38. The zero-order valence-electron chi connectivity index (χ0n) is 11.7. The zero-order chi connectivity index (χ0) is 15.9. The van der Waals surface area contributed by atoms with Crippen LogP contribution in [0.25, 0.3) is 0 Å². The maximum Gasteiger partial charge on any atom is 0.411 e. The molecule has 1 aliphatic heterocycles. The summed E-state index contributed by atoms with van der Waals surface area (Å²) in [6, 6.07) is 0. The standard InChI is InChI=1S/C13H20F3NO4/c14-13(15,16)9-21-7-5-11(18)17-6-1-2-10(8-17)3-4-12(19)20/h10H,1-9H2,(H,19,20)/t10-/m1/s1. The largest absolute Gasteiger partial charge is 0.481 e. The second-order valence-corrected chi connectivity index (χ2v) is 5.20. The molecule has 1 aliphatic rings. The van der Waals surface area contributed by atoms with Crippen molar-refractivity contribution < 1.29 is 32.6 Å². The van der Waals surface area contributed by atoms with Gasteiger partial charge in [-0.2, -0.15) is 13.2 Å². The number of piperidine rings is 1. The Labute approximate surface area is 121 Å². The Hall–Kier alpha value is -1.31. The molecule has 8 heteroatoms. The van der Waals surface area contributed by atoms with Crippen LogP contribution in [0.5, 0.6) is 0 Å². The van der Waals surface area contributed by atoms with Gasteiger partial charge < -0.3 is 14.7 Å². The molecule has 5 nitrogen and oxygen atoms in total. The smallest absolute Gasteiger partial charge is 0.411 e. The molecule has 0 aromatic rings. The molecule has 0 bridgehead atoms. The van der Waals surface area contributed by atoms with Crippen LogP contribution in [0.15, 0.2) is 0 Å². The molecular weight excluding hydrogens is 291 g/mol. The number of carbonyl (C=O) groups is 2. The second-order valence-electron chi connectivity index (χ2n) is 5.20. The number of carbonyl (C=O) groups excluding carboxylic acids is 1. The number of amides is 1. The van der Waals surface area contributed by atoms with Crippen LogP contribution in [-0.4, -0.2) is 54.4 Å². The van der Waals surface area contributed by atoms with E-state index in [1.165, 1.54) is 0 Å². The number of hydrogen-bond acceptors (Lipinski definition) is 3. The van der Waals surface area contributed by atoms with Gasteiger partial charge in [0.25, 0.3) is 0 Å². The minimum Gasteiger partial charge on any atom is -0.481 e. The van der Waals surface area contributed by atoms with Crippen LogP contribution in [0.1, 0.15) is 32.1 Å². The summed E-state index contributed by atoms with van der Waals surface area (Å²) in [5.74, 6) is -0.953. The Bertz CT molecular complexity index is 360. The van der Waals surface area contributed by atoms with Crippen LogP contribution in [0, 0.1) is 5.92 Å². The third kappa shape index (κ3) is 7.89. The first kappa shape index (κ1) is 17.7. The van der Waals surface area contributed by atoms with E-state index in [0.29, 0.717) is 19.5 Å². The number of ether oxygens (including phenoxy) is 1. The summed E-state index contributed by atoms with van der Waals surface area (Å²) in [7, 11) is 0. The maximum absolute atomic E-state index is 11.9. The van der Waals surface area contributed by atoms with E-state index < -0.39 is 18.8 Å². The highest BCUT2D eigenvalue weighted by Gasteiger charge is 2.28. The van der Waals surface area contributed by atoms with Crippen molar-refractivity contribution in [3.8, 4) is 0 Å². The number of hydrogen-bond donors (Lipinski definition) is 1. The predicted molar refractivity (Wildman–Crippen MR) is 67.7 cm³/mol. The summed E-state index contributed by atoms with van der Waals surface area (Å²) in [5.41, 5.74) is 0. The minimum absolute atomic E-state index is 0.0708. The predicted octanol–water partition coefficient (Wildman–Crippen LogP) is 2.06. The van der Waals surface area contributed by atoms with Gasteiger partial charge in [0.2, 0.25) is 5.91 Å². The SMILES string of the molecule is O=C(O)CC[C@H]1CCCN(C(=O)CCOCC(F)(F)F)C1.